The summed E-state index contributed by atoms with van der Waals surface area (Å²) >= 11 is 0. The second kappa shape index (κ2) is 5.05. The summed E-state index contributed by atoms with van der Waals surface area (Å²) in [5.41, 5.74) is 1.84. The number of nitrogens with one attached hydrogen (secondary N) is 2. The van der Waals surface area contributed by atoms with E-state index in [1.165, 1.54) is 24.9 Å². The van der Waals surface area contributed by atoms with Gasteiger partial charge in [-0.3, -0.25) is 4.79 Å². The molecule has 2 aliphatic rings. The number of benzene rings is 1. The number of imidazole rings is 1. The Morgan fingerprint density at radius 1 is 1.27 bits per heavy atom. The highest BCUT2D eigenvalue weighted by Crippen LogP contribution is 2.37. The third-order valence-corrected chi connectivity index (χ3v) is 5.16. The largest absolute Gasteiger partial charge is 0.344 e. The number of halogens is 1. The second-order valence-corrected chi connectivity index (χ2v) is 6.47. The predicted octanol–water partition coefficient (Wildman–Crippen LogP) is 1.92. The predicted molar refractivity (Wildman–Crippen MR) is 81.1 cm³/mol. The van der Waals surface area contributed by atoms with Crippen molar-refractivity contribution < 1.29 is 9.18 Å². The van der Waals surface area contributed by atoms with Gasteiger partial charge in [-0.1, -0.05) is 0 Å². The molecule has 1 aromatic heterocycles. The third kappa shape index (κ3) is 2.18. The summed E-state index contributed by atoms with van der Waals surface area (Å²) in [6.45, 7) is 3.61. The molecule has 0 radical (unpaired) electrons. The van der Waals surface area contributed by atoms with E-state index in [9.17, 15) is 9.18 Å². The third-order valence-electron chi connectivity index (χ3n) is 5.16. The lowest BCUT2D eigenvalue weighted by atomic mass is 9.78. The molecule has 2 aliphatic heterocycles. The van der Waals surface area contributed by atoms with Crippen LogP contribution in [0.4, 0.5) is 4.39 Å². The monoisotopic (exact) mass is 302 g/mol. The zero-order valence-corrected chi connectivity index (χ0v) is 12.4. The van der Waals surface area contributed by atoms with Gasteiger partial charge in [-0.05, 0) is 43.4 Å². The molecule has 0 atom stereocenters. The van der Waals surface area contributed by atoms with Gasteiger partial charge in [-0.2, -0.15) is 0 Å². The van der Waals surface area contributed by atoms with Crippen molar-refractivity contribution in [1.29, 1.82) is 0 Å². The normalized spacial score (nSPS) is 20.9. The van der Waals surface area contributed by atoms with Crippen LogP contribution in [0.2, 0.25) is 0 Å². The lowest BCUT2D eigenvalue weighted by molar-refractivity contribution is 0.0609. The van der Waals surface area contributed by atoms with Crippen molar-refractivity contribution in [2.75, 3.05) is 26.2 Å². The minimum atomic E-state index is -0.409. The number of hydrogen-bond donors (Lipinski definition) is 2. The van der Waals surface area contributed by atoms with E-state index in [-0.39, 0.29) is 5.91 Å². The van der Waals surface area contributed by atoms with Crippen LogP contribution in [0.25, 0.3) is 11.0 Å². The average Bonchev–Trinajstić information content (AvgIpc) is 3.16. The summed E-state index contributed by atoms with van der Waals surface area (Å²) in [5.74, 6) is -0.522. The smallest absolute Gasteiger partial charge is 0.256 e. The van der Waals surface area contributed by atoms with Crippen molar-refractivity contribution in [3.05, 3.63) is 29.8 Å². The van der Waals surface area contributed by atoms with E-state index in [0.29, 0.717) is 22.0 Å². The Labute approximate surface area is 127 Å². The maximum absolute atomic E-state index is 13.7. The number of piperidine rings is 1. The van der Waals surface area contributed by atoms with Gasteiger partial charge in [0.25, 0.3) is 5.91 Å². The molecule has 0 aliphatic carbocycles. The maximum atomic E-state index is 13.7. The van der Waals surface area contributed by atoms with Gasteiger partial charge in [0.05, 0.1) is 17.4 Å². The molecule has 0 bridgehead atoms. The molecule has 2 N–H and O–H groups in total. The maximum Gasteiger partial charge on any atom is 0.256 e. The number of carbonyl (C=O) groups excluding carboxylic acids is 1. The Morgan fingerprint density at radius 3 is 2.82 bits per heavy atom. The van der Waals surface area contributed by atoms with E-state index in [4.69, 9.17) is 0 Å². The number of rotatable bonds is 1. The summed E-state index contributed by atoms with van der Waals surface area (Å²) in [5, 5.41) is 3.42. The number of aromatic nitrogens is 2. The quantitative estimate of drug-likeness (QED) is 0.846. The standard InChI is InChI=1S/C16H19FN4O/c17-11-7-12(14-13(8-11)19-10-20-14)15(22)21-5-2-16(3-6-21)1-4-18-9-16/h7-8,10,18H,1-6,9H2,(H,19,20). The Morgan fingerprint density at radius 2 is 2.09 bits per heavy atom. The van der Waals surface area contributed by atoms with Crippen molar-refractivity contribution >= 4 is 16.9 Å². The highest BCUT2D eigenvalue weighted by Gasteiger charge is 2.38. The summed E-state index contributed by atoms with van der Waals surface area (Å²) in [7, 11) is 0. The summed E-state index contributed by atoms with van der Waals surface area (Å²) in [6.07, 6.45) is 4.73. The summed E-state index contributed by atoms with van der Waals surface area (Å²) < 4.78 is 13.7. The molecule has 2 fully saturated rings. The second-order valence-electron chi connectivity index (χ2n) is 6.47. The summed E-state index contributed by atoms with van der Waals surface area (Å²) in [6, 6.07) is 2.67. The Kier molecular flexibility index (Phi) is 3.14. The van der Waals surface area contributed by atoms with Crippen LogP contribution in [0, 0.1) is 11.2 Å². The van der Waals surface area contributed by atoms with Crippen molar-refractivity contribution in [3.63, 3.8) is 0 Å². The zero-order chi connectivity index (χ0) is 15.2. The van der Waals surface area contributed by atoms with E-state index in [1.54, 1.807) is 0 Å². The number of aromatic amines is 1. The topological polar surface area (TPSA) is 61.0 Å². The number of nitrogens with zero attached hydrogens (tertiary/aromatic N) is 2. The molecule has 5 nitrogen and oxygen atoms in total. The zero-order valence-electron chi connectivity index (χ0n) is 12.4. The molecule has 4 rings (SSSR count). The van der Waals surface area contributed by atoms with E-state index in [2.05, 4.69) is 15.3 Å². The molecule has 3 heterocycles. The van der Waals surface area contributed by atoms with Gasteiger partial charge in [-0.25, -0.2) is 9.37 Å². The number of fused-ring (bicyclic) bond motifs is 1. The molecule has 0 saturated carbocycles. The van der Waals surface area contributed by atoms with Crippen LogP contribution >= 0.6 is 0 Å². The molecule has 0 unspecified atom stereocenters. The van der Waals surface area contributed by atoms with Crippen molar-refractivity contribution in [2.45, 2.75) is 19.3 Å². The van der Waals surface area contributed by atoms with E-state index >= 15 is 0 Å². The highest BCUT2D eigenvalue weighted by atomic mass is 19.1. The number of amides is 1. The minimum Gasteiger partial charge on any atom is -0.344 e. The van der Waals surface area contributed by atoms with Gasteiger partial charge in [0.2, 0.25) is 0 Å². The molecule has 22 heavy (non-hydrogen) atoms. The first kappa shape index (κ1) is 13.7. The van der Waals surface area contributed by atoms with Crippen molar-refractivity contribution in [3.8, 4) is 0 Å². The van der Waals surface area contributed by atoms with Crippen LogP contribution in [0.1, 0.15) is 29.6 Å². The number of carbonyl (C=O) groups is 1. The fourth-order valence-electron chi connectivity index (χ4n) is 3.75. The van der Waals surface area contributed by atoms with Gasteiger partial charge in [0.1, 0.15) is 11.3 Å². The molecule has 6 heteroatoms. The van der Waals surface area contributed by atoms with Crippen LogP contribution in [0.5, 0.6) is 0 Å². The van der Waals surface area contributed by atoms with Crippen molar-refractivity contribution in [1.82, 2.24) is 20.2 Å². The van der Waals surface area contributed by atoms with Gasteiger partial charge < -0.3 is 15.2 Å². The Balaban J connectivity index is 1.58. The minimum absolute atomic E-state index is 0.114. The highest BCUT2D eigenvalue weighted by molar-refractivity contribution is 6.04. The fraction of sp³-hybridized carbons (Fsp3) is 0.500. The van der Waals surface area contributed by atoms with Gasteiger partial charge in [-0.15, -0.1) is 0 Å². The Bertz CT molecular complexity index is 710. The molecule has 2 aromatic rings. The first-order valence-corrected chi connectivity index (χ1v) is 7.80. The van der Waals surface area contributed by atoms with E-state index in [0.717, 1.165) is 39.0 Å². The number of H-pyrrole nitrogens is 1. The molecular weight excluding hydrogens is 283 g/mol. The summed E-state index contributed by atoms with van der Waals surface area (Å²) in [4.78, 5) is 21.6. The van der Waals surface area contributed by atoms with E-state index < -0.39 is 5.82 Å². The van der Waals surface area contributed by atoms with Crippen LogP contribution in [0.3, 0.4) is 0 Å². The lowest BCUT2D eigenvalue weighted by Crippen LogP contribution is -2.44. The number of hydrogen-bond acceptors (Lipinski definition) is 3. The molecular formula is C16H19FN4O. The lowest BCUT2D eigenvalue weighted by Gasteiger charge is -2.38. The molecule has 1 spiro atoms. The molecule has 2 saturated heterocycles. The van der Waals surface area contributed by atoms with Gasteiger partial charge in [0.15, 0.2) is 0 Å². The van der Waals surface area contributed by atoms with Crippen LogP contribution in [-0.2, 0) is 0 Å². The molecule has 1 aromatic carbocycles. The van der Waals surface area contributed by atoms with Gasteiger partial charge in [0, 0.05) is 19.6 Å². The fourth-order valence-corrected chi connectivity index (χ4v) is 3.75. The first-order chi connectivity index (χ1) is 10.7. The molecule has 116 valence electrons. The Hall–Kier alpha value is -1.95. The van der Waals surface area contributed by atoms with Crippen LogP contribution in [0.15, 0.2) is 18.5 Å². The molecule has 1 amide bonds. The van der Waals surface area contributed by atoms with E-state index in [1.807, 2.05) is 4.90 Å². The first-order valence-electron chi connectivity index (χ1n) is 7.80. The van der Waals surface area contributed by atoms with Crippen LogP contribution < -0.4 is 5.32 Å². The van der Waals surface area contributed by atoms with Gasteiger partial charge >= 0.3 is 0 Å². The average molecular weight is 302 g/mol. The number of likely N-dealkylation sites (tertiary alicyclic amines) is 1. The van der Waals surface area contributed by atoms with Crippen molar-refractivity contribution in [2.24, 2.45) is 5.41 Å². The van der Waals surface area contributed by atoms with Crippen LogP contribution in [-0.4, -0.2) is 47.0 Å². The SMILES string of the molecule is O=C(c1cc(F)cc2[nH]cnc12)N1CCC2(CCNC2)CC1.